The number of benzene rings is 3. The molecule has 4 aromatic rings. The van der Waals surface area contributed by atoms with Crippen molar-refractivity contribution in [3.8, 4) is 0 Å². The largest absolute Gasteiger partial charge is 0.507 e. The van der Waals surface area contributed by atoms with Gasteiger partial charge in [0, 0.05) is 35.5 Å². The number of rotatable bonds is 4. The van der Waals surface area contributed by atoms with Crippen LogP contribution in [0.4, 0.5) is 11.4 Å². The van der Waals surface area contributed by atoms with Crippen LogP contribution in [-0.2, 0) is 9.59 Å². The predicted octanol–water partition coefficient (Wildman–Crippen LogP) is 4.77. The minimum atomic E-state index is -0.951. The van der Waals surface area contributed by atoms with Gasteiger partial charge in [-0.15, -0.1) is 0 Å². The molecule has 2 heterocycles. The maximum absolute atomic E-state index is 13.4. The second-order valence-electron chi connectivity index (χ2n) is 7.76. The van der Waals surface area contributed by atoms with E-state index in [9.17, 15) is 24.8 Å². The second kappa shape index (κ2) is 8.25. The molecular formula is C26H17N3O5. The fourth-order valence-electron chi connectivity index (χ4n) is 4.28. The number of nitro benzene ring substituents is 1. The highest BCUT2D eigenvalue weighted by Crippen LogP contribution is 2.44. The van der Waals surface area contributed by atoms with Crippen LogP contribution < -0.4 is 4.90 Å². The lowest BCUT2D eigenvalue weighted by atomic mass is 9.95. The maximum atomic E-state index is 13.4. The summed E-state index contributed by atoms with van der Waals surface area (Å²) >= 11 is 0. The highest BCUT2D eigenvalue weighted by molar-refractivity contribution is 6.52. The van der Waals surface area contributed by atoms with Crippen molar-refractivity contribution in [3.05, 3.63) is 118 Å². The Morgan fingerprint density at radius 3 is 2.41 bits per heavy atom. The number of nitrogens with zero attached hydrogens (tertiary/aromatic N) is 3. The summed E-state index contributed by atoms with van der Waals surface area (Å²) in [5.41, 5.74) is 0.760. The summed E-state index contributed by atoms with van der Waals surface area (Å²) in [7, 11) is 0. The van der Waals surface area contributed by atoms with Gasteiger partial charge < -0.3 is 5.11 Å². The Morgan fingerprint density at radius 1 is 0.941 bits per heavy atom. The number of fused-ring (bicyclic) bond motifs is 1. The number of non-ortho nitro benzene ring substituents is 1. The molecule has 0 saturated carbocycles. The zero-order chi connectivity index (χ0) is 23.8. The first-order valence-corrected chi connectivity index (χ1v) is 10.4. The van der Waals surface area contributed by atoms with Gasteiger partial charge in [0.2, 0.25) is 0 Å². The third-order valence-corrected chi connectivity index (χ3v) is 5.82. The molecule has 1 unspecified atom stereocenters. The van der Waals surface area contributed by atoms with E-state index in [2.05, 4.69) is 4.98 Å². The van der Waals surface area contributed by atoms with Crippen molar-refractivity contribution in [2.75, 3.05) is 4.90 Å². The Kier molecular flexibility index (Phi) is 5.10. The third kappa shape index (κ3) is 3.38. The van der Waals surface area contributed by atoms with Crippen LogP contribution >= 0.6 is 0 Å². The van der Waals surface area contributed by atoms with Gasteiger partial charge in [-0.2, -0.15) is 0 Å². The number of amides is 1. The minimum Gasteiger partial charge on any atom is -0.507 e. The number of anilines is 1. The average molecular weight is 451 g/mol. The van der Waals surface area contributed by atoms with Crippen molar-refractivity contribution in [3.63, 3.8) is 0 Å². The lowest BCUT2D eigenvalue weighted by Gasteiger charge is -2.26. The number of carbonyl (C=O) groups excluding carboxylic acids is 2. The normalized spacial score (nSPS) is 17.3. The second-order valence-corrected chi connectivity index (χ2v) is 7.76. The molecule has 1 N–H and O–H groups in total. The van der Waals surface area contributed by atoms with Crippen molar-refractivity contribution in [2.45, 2.75) is 6.04 Å². The molecule has 1 aliphatic rings. The van der Waals surface area contributed by atoms with Crippen LogP contribution in [0.25, 0.3) is 16.5 Å². The molecule has 0 bridgehead atoms. The molecule has 0 spiro atoms. The van der Waals surface area contributed by atoms with E-state index in [-0.39, 0.29) is 16.8 Å². The summed E-state index contributed by atoms with van der Waals surface area (Å²) in [5, 5.41) is 24.0. The van der Waals surface area contributed by atoms with Crippen LogP contribution in [0.2, 0.25) is 0 Å². The highest BCUT2D eigenvalue weighted by Gasteiger charge is 2.47. The highest BCUT2D eigenvalue weighted by atomic mass is 16.6. The Hall–Kier alpha value is -4.85. The van der Waals surface area contributed by atoms with Crippen molar-refractivity contribution < 1.29 is 19.6 Å². The van der Waals surface area contributed by atoms with Gasteiger partial charge in [-0.3, -0.25) is 29.6 Å². The number of Topliss-reactive ketones (excluding diaryl/α,β-unsaturated/α-hetero) is 1. The van der Waals surface area contributed by atoms with Gasteiger partial charge in [0.1, 0.15) is 5.76 Å². The van der Waals surface area contributed by atoms with Crippen LogP contribution in [0.15, 0.2) is 96.8 Å². The SMILES string of the molecule is O=C1C(=O)N(c2cccc3ccccc23)C(c2ccncc2)/C1=C(\O)c1cccc([N+](=O)[O-])c1. The van der Waals surface area contributed by atoms with Crippen LogP contribution in [-0.4, -0.2) is 26.7 Å². The average Bonchev–Trinajstić information content (AvgIpc) is 3.14. The molecule has 166 valence electrons. The first-order valence-electron chi connectivity index (χ1n) is 10.4. The summed E-state index contributed by atoms with van der Waals surface area (Å²) < 4.78 is 0. The summed E-state index contributed by atoms with van der Waals surface area (Å²) in [6.07, 6.45) is 3.07. The number of hydrogen-bond acceptors (Lipinski definition) is 6. The Bertz CT molecular complexity index is 1490. The fraction of sp³-hybridized carbons (Fsp3) is 0.0385. The van der Waals surface area contributed by atoms with E-state index in [0.717, 1.165) is 10.8 Å². The Labute approximate surface area is 193 Å². The monoisotopic (exact) mass is 451 g/mol. The Morgan fingerprint density at radius 2 is 1.65 bits per heavy atom. The van der Waals surface area contributed by atoms with Gasteiger partial charge in [0.25, 0.3) is 17.4 Å². The standard InChI is InChI=1S/C26H17N3O5/c30-24(18-7-3-8-19(15-18)29(33)34)22-23(17-11-13-27-14-12-17)28(26(32)25(22)31)21-10-4-6-16-5-1-2-9-20(16)21/h1-15,23,30H/b24-22+. The minimum absolute atomic E-state index is 0.0733. The van der Waals surface area contributed by atoms with E-state index in [4.69, 9.17) is 0 Å². The van der Waals surface area contributed by atoms with E-state index >= 15 is 0 Å². The number of nitro groups is 1. The molecule has 0 radical (unpaired) electrons. The molecule has 1 aromatic heterocycles. The molecule has 1 amide bonds. The topological polar surface area (TPSA) is 114 Å². The molecule has 1 aliphatic heterocycles. The zero-order valence-corrected chi connectivity index (χ0v) is 17.7. The fourth-order valence-corrected chi connectivity index (χ4v) is 4.28. The number of aliphatic hydroxyl groups is 1. The van der Waals surface area contributed by atoms with E-state index in [1.54, 1.807) is 24.3 Å². The van der Waals surface area contributed by atoms with Gasteiger partial charge in [-0.05, 0) is 29.1 Å². The van der Waals surface area contributed by atoms with Gasteiger partial charge >= 0.3 is 0 Å². The summed E-state index contributed by atoms with van der Waals surface area (Å²) in [6, 6.07) is 20.6. The Balaban J connectivity index is 1.77. The molecule has 1 fully saturated rings. The van der Waals surface area contributed by atoms with Crippen LogP contribution in [0.1, 0.15) is 17.2 Å². The predicted molar refractivity (Wildman–Crippen MR) is 126 cm³/mol. The number of carbonyl (C=O) groups is 2. The molecule has 0 aliphatic carbocycles. The first kappa shape index (κ1) is 21.0. The smallest absolute Gasteiger partial charge is 0.300 e. The summed E-state index contributed by atoms with van der Waals surface area (Å²) in [6.45, 7) is 0. The number of aliphatic hydroxyl groups excluding tert-OH is 1. The maximum Gasteiger partial charge on any atom is 0.300 e. The molecule has 5 rings (SSSR count). The van der Waals surface area contributed by atoms with E-state index in [1.807, 2.05) is 30.3 Å². The molecule has 8 heteroatoms. The van der Waals surface area contributed by atoms with Gasteiger partial charge in [0.05, 0.1) is 22.2 Å². The summed E-state index contributed by atoms with van der Waals surface area (Å²) in [4.78, 5) is 42.7. The van der Waals surface area contributed by atoms with Gasteiger partial charge in [0.15, 0.2) is 0 Å². The number of hydrogen-bond donors (Lipinski definition) is 1. The molecular weight excluding hydrogens is 434 g/mol. The third-order valence-electron chi connectivity index (χ3n) is 5.82. The van der Waals surface area contributed by atoms with Crippen molar-refractivity contribution in [1.29, 1.82) is 0 Å². The molecule has 8 nitrogen and oxygen atoms in total. The molecule has 3 aromatic carbocycles. The van der Waals surface area contributed by atoms with E-state index in [0.29, 0.717) is 11.3 Å². The molecule has 1 atom stereocenters. The lowest BCUT2D eigenvalue weighted by Crippen LogP contribution is -2.29. The van der Waals surface area contributed by atoms with Crippen molar-refractivity contribution in [1.82, 2.24) is 4.98 Å². The molecule has 34 heavy (non-hydrogen) atoms. The van der Waals surface area contributed by atoms with Gasteiger partial charge in [-0.1, -0.05) is 48.5 Å². The zero-order valence-electron chi connectivity index (χ0n) is 17.7. The van der Waals surface area contributed by atoms with E-state index in [1.165, 1.54) is 41.6 Å². The van der Waals surface area contributed by atoms with Crippen LogP contribution in [0, 0.1) is 10.1 Å². The number of aromatic nitrogens is 1. The van der Waals surface area contributed by atoms with Gasteiger partial charge in [-0.25, -0.2) is 0 Å². The lowest BCUT2D eigenvalue weighted by molar-refractivity contribution is -0.384. The van der Waals surface area contributed by atoms with Crippen molar-refractivity contribution >= 4 is 39.6 Å². The number of pyridine rings is 1. The first-order chi connectivity index (χ1) is 16.5. The molecule has 1 saturated heterocycles. The van der Waals surface area contributed by atoms with Crippen molar-refractivity contribution in [2.24, 2.45) is 0 Å². The quantitative estimate of drug-likeness (QED) is 0.157. The van der Waals surface area contributed by atoms with Crippen LogP contribution in [0.5, 0.6) is 0 Å². The van der Waals surface area contributed by atoms with E-state index < -0.39 is 28.4 Å². The van der Waals surface area contributed by atoms with Crippen LogP contribution in [0.3, 0.4) is 0 Å². The summed E-state index contributed by atoms with van der Waals surface area (Å²) in [5.74, 6) is -2.16. The number of ketones is 1.